The summed E-state index contributed by atoms with van der Waals surface area (Å²) in [6.07, 6.45) is 3.73. The quantitative estimate of drug-likeness (QED) is 0.835. The molecule has 1 unspecified atom stereocenters. The molecule has 1 saturated carbocycles. The number of nitrogens with zero attached hydrogens (tertiary/aromatic N) is 2. The third-order valence-corrected chi connectivity index (χ3v) is 5.07. The van der Waals surface area contributed by atoms with Crippen LogP contribution in [-0.2, 0) is 16.0 Å². The molecule has 1 fully saturated rings. The Kier molecular flexibility index (Phi) is 5.57. The predicted octanol–water partition coefficient (Wildman–Crippen LogP) is 2.66. The second kappa shape index (κ2) is 7.28. The van der Waals surface area contributed by atoms with Gasteiger partial charge in [0.05, 0.1) is 6.42 Å². The minimum absolute atomic E-state index is 0.119. The fraction of sp³-hybridized carbons (Fsp3) is 0.667. The van der Waals surface area contributed by atoms with Crippen molar-refractivity contribution >= 4 is 11.9 Å². The summed E-state index contributed by atoms with van der Waals surface area (Å²) in [6, 6.07) is 0. The number of carboxylic acids is 1. The Morgan fingerprint density at radius 2 is 1.75 bits per heavy atom. The standard InChI is InChI=1S/C18H27N3O3/c1-5-11(2)16-19-12(3)14(13(4)20-16)10-15(22)21-18(17(23)24)8-6-7-9-18/h11H,5-10H2,1-4H3,(H,21,22)(H,23,24). The van der Waals surface area contributed by atoms with Crippen LogP contribution in [0.5, 0.6) is 0 Å². The summed E-state index contributed by atoms with van der Waals surface area (Å²) in [5.74, 6) is -0.135. The Bertz CT molecular complexity index is 613. The fourth-order valence-corrected chi connectivity index (χ4v) is 3.27. The Morgan fingerprint density at radius 3 is 2.21 bits per heavy atom. The molecule has 0 saturated heterocycles. The van der Waals surface area contributed by atoms with Crippen LogP contribution in [0.15, 0.2) is 0 Å². The van der Waals surface area contributed by atoms with Crippen molar-refractivity contribution in [2.24, 2.45) is 0 Å². The number of aliphatic carboxylic acids is 1. The van der Waals surface area contributed by atoms with Crippen molar-refractivity contribution in [3.8, 4) is 0 Å². The van der Waals surface area contributed by atoms with Crippen molar-refractivity contribution in [1.29, 1.82) is 0 Å². The number of carbonyl (C=O) groups is 2. The molecule has 1 atom stereocenters. The van der Waals surface area contributed by atoms with Gasteiger partial charge in [-0.2, -0.15) is 0 Å². The van der Waals surface area contributed by atoms with E-state index < -0.39 is 11.5 Å². The molecule has 1 aromatic heterocycles. The van der Waals surface area contributed by atoms with E-state index in [1.54, 1.807) is 0 Å². The van der Waals surface area contributed by atoms with E-state index in [1.807, 2.05) is 13.8 Å². The van der Waals surface area contributed by atoms with Gasteiger partial charge >= 0.3 is 5.97 Å². The molecule has 1 amide bonds. The largest absolute Gasteiger partial charge is 0.480 e. The summed E-state index contributed by atoms with van der Waals surface area (Å²) in [4.78, 5) is 33.1. The molecule has 1 heterocycles. The van der Waals surface area contributed by atoms with E-state index in [0.717, 1.165) is 42.0 Å². The van der Waals surface area contributed by atoms with Gasteiger partial charge in [-0.1, -0.05) is 26.7 Å². The first-order chi connectivity index (χ1) is 11.3. The van der Waals surface area contributed by atoms with Crippen molar-refractivity contribution < 1.29 is 14.7 Å². The summed E-state index contributed by atoms with van der Waals surface area (Å²) >= 11 is 0. The highest BCUT2D eigenvalue weighted by molar-refractivity contribution is 5.88. The summed E-state index contributed by atoms with van der Waals surface area (Å²) in [6.45, 7) is 7.93. The fourth-order valence-electron chi connectivity index (χ4n) is 3.27. The molecule has 6 heteroatoms. The number of hydrogen-bond donors (Lipinski definition) is 2. The van der Waals surface area contributed by atoms with E-state index in [0.29, 0.717) is 12.8 Å². The maximum Gasteiger partial charge on any atom is 0.329 e. The molecule has 132 valence electrons. The molecule has 1 aromatic rings. The molecular weight excluding hydrogens is 306 g/mol. The molecule has 0 radical (unpaired) electrons. The van der Waals surface area contributed by atoms with E-state index in [-0.39, 0.29) is 18.2 Å². The normalized spacial score (nSPS) is 17.5. The summed E-state index contributed by atoms with van der Waals surface area (Å²) in [5.41, 5.74) is 1.28. The summed E-state index contributed by atoms with van der Waals surface area (Å²) in [7, 11) is 0. The highest BCUT2D eigenvalue weighted by Crippen LogP contribution is 2.30. The Labute approximate surface area is 143 Å². The first-order valence-corrected chi connectivity index (χ1v) is 8.67. The number of carbonyl (C=O) groups excluding carboxylic acids is 1. The number of amides is 1. The van der Waals surface area contributed by atoms with Gasteiger partial charge in [0.2, 0.25) is 5.91 Å². The van der Waals surface area contributed by atoms with Crippen LogP contribution in [0.4, 0.5) is 0 Å². The Morgan fingerprint density at radius 1 is 1.21 bits per heavy atom. The van der Waals surface area contributed by atoms with E-state index in [2.05, 4.69) is 29.1 Å². The Hall–Kier alpha value is -1.98. The number of rotatable bonds is 6. The molecule has 0 bridgehead atoms. The molecule has 1 aliphatic carbocycles. The second-order valence-electron chi connectivity index (χ2n) is 6.86. The van der Waals surface area contributed by atoms with E-state index in [4.69, 9.17) is 0 Å². The van der Waals surface area contributed by atoms with Gasteiger partial charge in [0.15, 0.2) is 0 Å². The summed E-state index contributed by atoms with van der Waals surface area (Å²) < 4.78 is 0. The predicted molar refractivity (Wildman–Crippen MR) is 90.9 cm³/mol. The molecule has 0 spiro atoms. The highest BCUT2D eigenvalue weighted by Gasteiger charge is 2.42. The molecular formula is C18H27N3O3. The SMILES string of the molecule is CCC(C)c1nc(C)c(CC(=O)NC2(C(=O)O)CCCC2)c(C)n1. The number of carboxylic acid groups (broad SMARTS) is 1. The van der Waals surface area contributed by atoms with Crippen molar-refractivity contribution in [3.05, 3.63) is 22.8 Å². The van der Waals surface area contributed by atoms with Crippen LogP contribution in [-0.4, -0.2) is 32.5 Å². The van der Waals surface area contributed by atoms with E-state index in [9.17, 15) is 14.7 Å². The van der Waals surface area contributed by atoms with E-state index in [1.165, 1.54) is 0 Å². The van der Waals surface area contributed by atoms with Crippen molar-refractivity contribution in [2.75, 3.05) is 0 Å². The third kappa shape index (κ3) is 3.74. The van der Waals surface area contributed by atoms with Gasteiger partial charge < -0.3 is 10.4 Å². The maximum absolute atomic E-state index is 12.4. The molecule has 6 nitrogen and oxygen atoms in total. The number of hydrogen-bond acceptors (Lipinski definition) is 4. The zero-order valence-corrected chi connectivity index (χ0v) is 15.0. The van der Waals surface area contributed by atoms with Crippen molar-refractivity contribution in [3.63, 3.8) is 0 Å². The molecule has 2 rings (SSSR count). The molecule has 2 N–H and O–H groups in total. The average molecular weight is 333 g/mol. The third-order valence-electron chi connectivity index (χ3n) is 5.07. The zero-order valence-electron chi connectivity index (χ0n) is 15.0. The zero-order chi connectivity index (χ0) is 17.9. The van der Waals surface area contributed by atoms with Gasteiger partial charge in [0, 0.05) is 22.9 Å². The smallest absolute Gasteiger partial charge is 0.329 e. The first-order valence-electron chi connectivity index (χ1n) is 8.67. The number of aromatic nitrogens is 2. The number of nitrogens with one attached hydrogen (secondary N) is 1. The average Bonchev–Trinajstić information content (AvgIpc) is 2.99. The highest BCUT2D eigenvalue weighted by atomic mass is 16.4. The van der Waals surface area contributed by atoms with Crippen LogP contribution in [0.3, 0.4) is 0 Å². The molecule has 24 heavy (non-hydrogen) atoms. The minimum atomic E-state index is -1.10. The van der Waals surface area contributed by atoms with Gasteiger partial charge in [0.25, 0.3) is 0 Å². The molecule has 0 aliphatic heterocycles. The summed E-state index contributed by atoms with van der Waals surface area (Å²) in [5, 5.41) is 12.2. The lowest BCUT2D eigenvalue weighted by Gasteiger charge is -2.25. The van der Waals surface area contributed by atoms with Crippen molar-refractivity contribution in [2.45, 2.75) is 77.7 Å². The lowest BCUT2D eigenvalue weighted by atomic mass is 9.97. The van der Waals surface area contributed by atoms with Crippen LogP contribution in [0, 0.1) is 13.8 Å². The lowest BCUT2D eigenvalue weighted by Crippen LogP contribution is -2.53. The van der Waals surface area contributed by atoms with E-state index >= 15 is 0 Å². The van der Waals surface area contributed by atoms with Gasteiger partial charge in [0.1, 0.15) is 11.4 Å². The van der Waals surface area contributed by atoms with Crippen LogP contribution in [0.2, 0.25) is 0 Å². The topological polar surface area (TPSA) is 92.2 Å². The molecule has 1 aliphatic rings. The second-order valence-corrected chi connectivity index (χ2v) is 6.86. The Balaban J connectivity index is 2.16. The minimum Gasteiger partial charge on any atom is -0.480 e. The van der Waals surface area contributed by atoms with Crippen LogP contribution in [0.25, 0.3) is 0 Å². The monoisotopic (exact) mass is 333 g/mol. The van der Waals surface area contributed by atoms with Gasteiger partial charge in [-0.05, 0) is 33.1 Å². The maximum atomic E-state index is 12.4. The first kappa shape index (κ1) is 18.4. The van der Waals surface area contributed by atoms with Crippen LogP contribution < -0.4 is 5.32 Å². The van der Waals surface area contributed by atoms with Gasteiger partial charge in [-0.25, -0.2) is 14.8 Å². The van der Waals surface area contributed by atoms with Gasteiger partial charge in [-0.15, -0.1) is 0 Å². The lowest BCUT2D eigenvalue weighted by molar-refractivity contribution is -0.147. The van der Waals surface area contributed by atoms with Crippen LogP contribution in [0.1, 0.15) is 74.6 Å². The van der Waals surface area contributed by atoms with Gasteiger partial charge in [-0.3, -0.25) is 4.79 Å². The molecule has 0 aromatic carbocycles. The van der Waals surface area contributed by atoms with Crippen LogP contribution >= 0.6 is 0 Å². The van der Waals surface area contributed by atoms with Crippen molar-refractivity contribution in [1.82, 2.24) is 15.3 Å². The number of aryl methyl sites for hydroxylation is 2.